The van der Waals surface area contributed by atoms with Gasteiger partial charge >= 0.3 is 6.18 Å². The highest BCUT2D eigenvalue weighted by atomic mass is 79.9. The number of benzene rings is 1. The van der Waals surface area contributed by atoms with E-state index in [4.69, 9.17) is 0 Å². The van der Waals surface area contributed by atoms with E-state index in [1.807, 2.05) is 0 Å². The fourth-order valence-electron chi connectivity index (χ4n) is 3.92. The Morgan fingerprint density at radius 1 is 1.17 bits per heavy atom. The smallest absolute Gasteiger partial charge is 0.434 e. The van der Waals surface area contributed by atoms with E-state index in [1.54, 1.807) is 20.8 Å². The maximum absolute atomic E-state index is 14.4. The standard InChI is InChI=1S/C23H22BrF5N4O3/c1-22(2,3)19-17(34)15(20(35)31-14-9-8-12(24)18(30-14)23(27,28)29)21(36)33(32(19)4)10-11-6-5-7-13(25)16(11)26/h5-9,19,34H,10H2,1-4H3,(H,30,31,35). The van der Waals surface area contributed by atoms with Crippen molar-refractivity contribution in [3.8, 4) is 0 Å². The quantitative estimate of drug-likeness (QED) is 0.386. The summed E-state index contributed by atoms with van der Waals surface area (Å²) in [6.07, 6.45) is -4.83. The first-order valence-electron chi connectivity index (χ1n) is 10.5. The Hall–Kier alpha value is -3.06. The van der Waals surface area contributed by atoms with Crippen LogP contribution in [0.2, 0.25) is 0 Å². The predicted molar refractivity (Wildman–Crippen MR) is 123 cm³/mol. The number of nitrogens with one attached hydrogen (secondary N) is 1. The van der Waals surface area contributed by atoms with Crippen molar-refractivity contribution in [1.82, 2.24) is 15.0 Å². The minimum atomic E-state index is -4.83. The zero-order valence-electron chi connectivity index (χ0n) is 19.5. The Bertz CT molecular complexity index is 1240. The van der Waals surface area contributed by atoms with Crippen molar-refractivity contribution >= 4 is 33.6 Å². The van der Waals surface area contributed by atoms with E-state index in [1.165, 1.54) is 24.2 Å². The molecule has 194 valence electrons. The van der Waals surface area contributed by atoms with Crippen LogP contribution in [-0.4, -0.2) is 45.0 Å². The Morgan fingerprint density at radius 3 is 2.39 bits per heavy atom. The zero-order valence-corrected chi connectivity index (χ0v) is 21.1. The molecule has 0 bridgehead atoms. The van der Waals surface area contributed by atoms with E-state index < -0.39 is 70.5 Å². The van der Waals surface area contributed by atoms with Crippen molar-refractivity contribution in [2.75, 3.05) is 12.4 Å². The third kappa shape index (κ3) is 5.36. The summed E-state index contributed by atoms with van der Waals surface area (Å²) in [4.78, 5) is 29.8. The summed E-state index contributed by atoms with van der Waals surface area (Å²) in [5.41, 5.74) is -3.02. The van der Waals surface area contributed by atoms with Crippen LogP contribution in [0.3, 0.4) is 0 Å². The number of likely N-dealkylation sites (N-methyl/N-ethyl adjacent to an activating group) is 1. The number of alkyl halides is 3. The first kappa shape index (κ1) is 27.5. The normalized spacial score (nSPS) is 17.6. The van der Waals surface area contributed by atoms with Gasteiger partial charge in [-0.1, -0.05) is 32.9 Å². The van der Waals surface area contributed by atoms with Crippen molar-refractivity contribution in [3.63, 3.8) is 0 Å². The molecule has 0 radical (unpaired) electrons. The van der Waals surface area contributed by atoms with Gasteiger partial charge in [0.25, 0.3) is 11.8 Å². The number of hydrogen-bond acceptors (Lipinski definition) is 5. The van der Waals surface area contributed by atoms with Crippen molar-refractivity contribution in [2.24, 2.45) is 5.41 Å². The molecular formula is C23H22BrF5N4O3. The second-order valence-corrected chi connectivity index (χ2v) is 10.0. The lowest BCUT2D eigenvalue weighted by molar-refractivity contribution is -0.158. The van der Waals surface area contributed by atoms with Crippen molar-refractivity contribution in [1.29, 1.82) is 0 Å². The second kappa shape index (κ2) is 9.77. The molecule has 2 N–H and O–H groups in total. The maximum Gasteiger partial charge on any atom is 0.434 e. The van der Waals surface area contributed by atoms with Crippen molar-refractivity contribution in [3.05, 3.63) is 69.0 Å². The molecule has 1 unspecified atom stereocenters. The number of rotatable bonds is 4. The van der Waals surface area contributed by atoms with E-state index >= 15 is 0 Å². The molecule has 3 rings (SSSR count). The topological polar surface area (TPSA) is 85.8 Å². The average molecular weight is 577 g/mol. The van der Waals surface area contributed by atoms with Crippen LogP contribution < -0.4 is 5.32 Å². The molecule has 1 aromatic carbocycles. The molecule has 1 aliphatic rings. The first-order valence-corrected chi connectivity index (χ1v) is 11.3. The van der Waals surface area contributed by atoms with Crippen LogP contribution in [0.5, 0.6) is 0 Å². The molecule has 13 heteroatoms. The molecule has 2 amide bonds. The molecule has 36 heavy (non-hydrogen) atoms. The van der Waals surface area contributed by atoms with Gasteiger partial charge in [0.2, 0.25) is 0 Å². The van der Waals surface area contributed by atoms with Gasteiger partial charge < -0.3 is 10.4 Å². The highest BCUT2D eigenvalue weighted by Crippen LogP contribution is 2.37. The molecule has 0 spiro atoms. The lowest BCUT2D eigenvalue weighted by atomic mass is 9.82. The number of hydrogen-bond donors (Lipinski definition) is 2. The van der Waals surface area contributed by atoms with Crippen LogP contribution in [0, 0.1) is 17.0 Å². The monoisotopic (exact) mass is 576 g/mol. The lowest BCUT2D eigenvalue weighted by Gasteiger charge is -2.46. The third-order valence-corrected chi connectivity index (χ3v) is 6.11. The number of hydrazine groups is 1. The summed E-state index contributed by atoms with van der Waals surface area (Å²) in [7, 11) is 1.43. The number of nitrogens with zero attached hydrogens (tertiary/aromatic N) is 3. The predicted octanol–water partition coefficient (Wildman–Crippen LogP) is 5.20. The van der Waals surface area contributed by atoms with E-state index in [-0.39, 0.29) is 10.0 Å². The number of aromatic nitrogens is 1. The molecule has 0 saturated heterocycles. The molecular weight excluding hydrogens is 555 g/mol. The van der Waals surface area contributed by atoms with Crippen LogP contribution >= 0.6 is 15.9 Å². The van der Waals surface area contributed by atoms with Crippen LogP contribution in [0.1, 0.15) is 32.0 Å². The van der Waals surface area contributed by atoms with Gasteiger partial charge in [-0.2, -0.15) is 13.2 Å². The van der Waals surface area contributed by atoms with E-state index in [9.17, 15) is 36.6 Å². The summed E-state index contributed by atoms with van der Waals surface area (Å²) in [5, 5.41) is 15.3. The summed E-state index contributed by atoms with van der Waals surface area (Å²) in [6, 6.07) is 4.54. The van der Waals surface area contributed by atoms with E-state index in [2.05, 4.69) is 26.2 Å². The average Bonchev–Trinajstić information content (AvgIpc) is 2.73. The SMILES string of the molecule is CN1C(C(C)(C)C)C(O)=C(C(=O)Nc2ccc(Br)c(C(F)(F)F)n2)C(=O)N1Cc1cccc(F)c1F. The number of carbonyl (C=O) groups excluding carboxylic acids is 2. The van der Waals surface area contributed by atoms with Gasteiger partial charge in [0.05, 0.1) is 12.6 Å². The molecule has 0 aliphatic carbocycles. The minimum Gasteiger partial charge on any atom is -0.509 e. The number of aliphatic hydroxyl groups excluding tert-OH is 1. The van der Waals surface area contributed by atoms with Crippen LogP contribution in [-0.2, 0) is 22.3 Å². The van der Waals surface area contributed by atoms with Crippen molar-refractivity contribution in [2.45, 2.75) is 39.5 Å². The Balaban J connectivity index is 2.04. The summed E-state index contributed by atoms with van der Waals surface area (Å²) in [6.45, 7) is 4.65. The molecule has 7 nitrogen and oxygen atoms in total. The Kier molecular flexibility index (Phi) is 7.47. The summed E-state index contributed by atoms with van der Waals surface area (Å²) in [5.74, 6) is -5.74. The van der Waals surface area contributed by atoms with Gasteiger partial charge in [0.1, 0.15) is 17.2 Å². The van der Waals surface area contributed by atoms with E-state index in [0.717, 1.165) is 23.2 Å². The first-order chi connectivity index (χ1) is 16.5. The minimum absolute atomic E-state index is 0.187. The zero-order chi connectivity index (χ0) is 27.2. The fourth-order valence-corrected chi connectivity index (χ4v) is 4.37. The van der Waals surface area contributed by atoms with Gasteiger partial charge in [-0.3, -0.25) is 14.6 Å². The number of anilines is 1. The van der Waals surface area contributed by atoms with Crippen molar-refractivity contribution < 1.29 is 36.6 Å². The Labute approximate surface area is 211 Å². The number of halogens is 6. The molecule has 1 aromatic heterocycles. The number of aliphatic hydroxyl groups is 1. The maximum atomic E-state index is 14.4. The molecule has 2 heterocycles. The summed E-state index contributed by atoms with van der Waals surface area (Å²) >= 11 is 2.75. The molecule has 0 saturated carbocycles. The van der Waals surface area contributed by atoms with E-state index in [0.29, 0.717) is 0 Å². The second-order valence-electron chi connectivity index (χ2n) is 9.16. The molecule has 1 aliphatic heterocycles. The largest absolute Gasteiger partial charge is 0.509 e. The van der Waals surface area contributed by atoms with Crippen LogP contribution in [0.4, 0.5) is 27.8 Å². The van der Waals surface area contributed by atoms with Crippen LogP contribution in [0.15, 0.2) is 46.1 Å². The molecule has 2 aromatic rings. The molecule has 1 atom stereocenters. The van der Waals surface area contributed by atoms with Gasteiger partial charge in [-0.25, -0.2) is 18.8 Å². The summed E-state index contributed by atoms with van der Waals surface area (Å²) < 4.78 is 67.4. The number of carbonyl (C=O) groups is 2. The van der Waals surface area contributed by atoms with Gasteiger partial charge in [-0.15, -0.1) is 0 Å². The van der Waals surface area contributed by atoms with Crippen LogP contribution in [0.25, 0.3) is 0 Å². The van der Waals surface area contributed by atoms with Gasteiger partial charge in [-0.05, 0) is 39.5 Å². The Morgan fingerprint density at radius 2 is 1.81 bits per heavy atom. The van der Waals surface area contributed by atoms with Gasteiger partial charge in [0.15, 0.2) is 17.3 Å². The lowest BCUT2D eigenvalue weighted by Crippen LogP contribution is -2.59. The molecule has 0 fully saturated rings. The third-order valence-electron chi connectivity index (χ3n) is 5.47. The number of pyridine rings is 1. The number of amides is 2. The fraction of sp³-hybridized carbons (Fsp3) is 0.348. The highest BCUT2D eigenvalue weighted by Gasteiger charge is 2.46. The van der Waals surface area contributed by atoms with Gasteiger partial charge in [0, 0.05) is 17.1 Å². The highest BCUT2D eigenvalue weighted by molar-refractivity contribution is 9.10.